The molecule has 0 bridgehead atoms. The monoisotopic (exact) mass is 313 g/mol. The van der Waals surface area contributed by atoms with Crippen LogP contribution in [0, 0.1) is 0 Å². The van der Waals surface area contributed by atoms with Gasteiger partial charge in [-0.2, -0.15) is 9.78 Å². The summed E-state index contributed by atoms with van der Waals surface area (Å²) in [6, 6.07) is 5.95. The maximum absolute atomic E-state index is 10.8. The Kier molecular flexibility index (Phi) is 3.79. The molecule has 1 unspecified atom stereocenters. The van der Waals surface area contributed by atoms with E-state index in [1.165, 1.54) is 0 Å². The molecule has 1 saturated heterocycles. The largest absolute Gasteiger partial charge is 0.493 e. The van der Waals surface area contributed by atoms with Crippen molar-refractivity contribution < 1.29 is 5.11 Å². The zero-order chi connectivity index (χ0) is 15.8. The summed E-state index contributed by atoms with van der Waals surface area (Å²) in [6.07, 6.45) is 4.89. The van der Waals surface area contributed by atoms with Crippen LogP contribution in [-0.2, 0) is 6.42 Å². The van der Waals surface area contributed by atoms with E-state index in [4.69, 9.17) is 0 Å². The van der Waals surface area contributed by atoms with E-state index in [2.05, 4.69) is 26.9 Å². The lowest BCUT2D eigenvalue weighted by Gasteiger charge is -2.39. The number of hydrogen-bond donors (Lipinski definition) is 1. The van der Waals surface area contributed by atoms with E-state index in [1.54, 1.807) is 10.9 Å². The molecule has 2 aliphatic rings. The molecule has 6 heteroatoms. The SMILES string of the molecule is CN1CCN(C2CCCc3nn(-c4ccccn4)c(O)c32)CC1. The van der Waals surface area contributed by atoms with Gasteiger partial charge < -0.3 is 10.0 Å². The molecule has 23 heavy (non-hydrogen) atoms. The van der Waals surface area contributed by atoms with Gasteiger partial charge in [-0.05, 0) is 38.4 Å². The lowest BCUT2D eigenvalue weighted by Crippen LogP contribution is -2.46. The maximum atomic E-state index is 10.8. The van der Waals surface area contributed by atoms with Gasteiger partial charge in [0.05, 0.1) is 11.3 Å². The van der Waals surface area contributed by atoms with Crippen LogP contribution in [0.15, 0.2) is 24.4 Å². The first kappa shape index (κ1) is 14.7. The van der Waals surface area contributed by atoms with E-state index in [1.807, 2.05) is 18.2 Å². The Hall–Kier alpha value is -1.92. The molecule has 6 nitrogen and oxygen atoms in total. The lowest BCUT2D eigenvalue weighted by atomic mass is 9.91. The third-order valence-corrected chi connectivity index (χ3v) is 5.04. The van der Waals surface area contributed by atoms with Crippen LogP contribution < -0.4 is 0 Å². The summed E-state index contributed by atoms with van der Waals surface area (Å²) >= 11 is 0. The smallest absolute Gasteiger partial charge is 0.220 e. The summed E-state index contributed by atoms with van der Waals surface area (Å²) in [6.45, 7) is 4.27. The molecule has 3 heterocycles. The minimum absolute atomic E-state index is 0.266. The molecule has 1 fully saturated rings. The average Bonchev–Trinajstić information content (AvgIpc) is 2.94. The van der Waals surface area contributed by atoms with Crippen LogP contribution in [-0.4, -0.2) is 62.9 Å². The Morgan fingerprint density at radius 2 is 2.00 bits per heavy atom. The Morgan fingerprint density at radius 1 is 1.17 bits per heavy atom. The van der Waals surface area contributed by atoms with Gasteiger partial charge in [-0.15, -0.1) is 0 Å². The Bertz CT molecular complexity index is 676. The van der Waals surface area contributed by atoms with Crippen LogP contribution in [0.4, 0.5) is 0 Å². The summed E-state index contributed by atoms with van der Waals surface area (Å²) < 4.78 is 1.60. The van der Waals surface area contributed by atoms with E-state index >= 15 is 0 Å². The molecule has 122 valence electrons. The van der Waals surface area contributed by atoms with Crippen molar-refractivity contribution in [2.24, 2.45) is 0 Å². The predicted octanol–water partition coefficient (Wildman–Crippen LogP) is 1.60. The highest BCUT2D eigenvalue weighted by Gasteiger charge is 2.34. The highest BCUT2D eigenvalue weighted by Crippen LogP contribution is 2.40. The fourth-order valence-corrected chi connectivity index (χ4v) is 3.74. The standard InChI is InChI=1S/C17H23N5O/c1-20-9-11-21(12-10-20)14-6-4-5-13-16(14)17(23)22(19-13)15-7-2-3-8-18-15/h2-3,7-8,14,23H,4-6,9-12H2,1H3. The number of aromatic hydroxyl groups is 1. The molecule has 0 spiro atoms. The van der Waals surface area contributed by atoms with Gasteiger partial charge in [0.15, 0.2) is 5.82 Å². The molecule has 0 amide bonds. The third-order valence-electron chi connectivity index (χ3n) is 5.04. The van der Waals surface area contributed by atoms with Gasteiger partial charge in [0.2, 0.25) is 5.88 Å². The third kappa shape index (κ3) is 2.62. The van der Waals surface area contributed by atoms with Gasteiger partial charge >= 0.3 is 0 Å². The van der Waals surface area contributed by atoms with Crippen LogP contribution in [0.3, 0.4) is 0 Å². The zero-order valence-corrected chi connectivity index (χ0v) is 13.5. The number of piperazine rings is 1. The first-order valence-electron chi connectivity index (χ1n) is 8.39. The summed E-state index contributed by atoms with van der Waals surface area (Å²) in [5.41, 5.74) is 2.05. The van der Waals surface area contributed by atoms with Gasteiger partial charge in [0.25, 0.3) is 0 Å². The van der Waals surface area contributed by atoms with E-state index in [0.29, 0.717) is 5.82 Å². The molecule has 4 rings (SSSR count). The molecular weight excluding hydrogens is 290 g/mol. The topological polar surface area (TPSA) is 57.4 Å². The van der Waals surface area contributed by atoms with Crippen molar-refractivity contribution in [2.45, 2.75) is 25.3 Å². The van der Waals surface area contributed by atoms with Crippen LogP contribution >= 0.6 is 0 Å². The highest BCUT2D eigenvalue weighted by atomic mass is 16.3. The number of aromatic nitrogens is 3. The van der Waals surface area contributed by atoms with Crippen molar-refractivity contribution in [3.63, 3.8) is 0 Å². The molecule has 0 aromatic carbocycles. The Labute approximate surface area is 136 Å². The molecule has 2 aromatic heterocycles. The first-order chi connectivity index (χ1) is 11.2. The Balaban J connectivity index is 1.69. The summed E-state index contributed by atoms with van der Waals surface area (Å²) in [4.78, 5) is 9.18. The summed E-state index contributed by atoms with van der Waals surface area (Å²) in [5, 5.41) is 15.5. The Morgan fingerprint density at radius 3 is 2.74 bits per heavy atom. The lowest BCUT2D eigenvalue weighted by molar-refractivity contribution is 0.101. The number of fused-ring (bicyclic) bond motifs is 1. The molecular formula is C17H23N5O. The van der Waals surface area contributed by atoms with Crippen molar-refractivity contribution in [3.05, 3.63) is 35.7 Å². The highest BCUT2D eigenvalue weighted by molar-refractivity contribution is 5.40. The first-order valence-corrected chi connectivity index (χ1v) is 8.39. The van der Waals surface area contributed by atoms with E-state index in [0.717, 1.165) is 56.7 Å². The second kappa shape index (κ2) is 5.94. The van der Waals surface area contributed by atoms with E-state index in [9.17, 15) is 5.11 Å². The second-order valence-corrected chi connectivity index (χ2v) is 6.53. The summed E-state index contributed by atoms with van der Waals surface area (Å²) in [5.74, 6) is 0.943. The number of nitrogens with zero attached hydrogens (tertiary/aromatic N) is 5. The molecule has 0 radical (unpaired) electrons. The van der Waals surface area contributed by atoms with Crippen LogP contribution in [0.5, 0.6) is 5.88 Å². The van der Waals surface area contributed by atoms with Crippen molar-refractivity contribution in [2.75, 3.05) is 33.2 Å². The van der Waals surface area contributed by atoms with E-state index in [-0.39, 0.29) is 11.9 Å². The number of hydrogen-bond acceptors (Lipinski definition) is 5. The second-order valence-electron chi connectivity index (χ2n) is 6.53. The van der Waals surface area contributed by atoms with Crippen molar-refractivity contribution >= 4 is 0 Å². The fourth-order valence-electron chi connectivity index (χ4n) is 3.74. The van der Waals surface area contributed by atoms with Gasteiger partial charge in [-0.1, -0.05) is 6.07 Å². The average molecular weight is 313 g/mol. The van der Waals surface area contributed by atoms with Gasteiger partial charge in [-0.3, -0.25) is 4.90 Å². The number of aryl methyl sites for hydroxylation is 1. The molecule has 2 aromatic rings. The quantitative estimate of drug-likeness (QED) is 0.912. The molecule has 1 aliphatic carbocycles. The minimum atomic E-state index is 0.266. The summed E-state index contributed by atoms with van der Waals surface area (Å²) in [7, 11) is 2.17. The predicted molar refractivity (Wildman–Crippen MR) is 87.8 cm³/mol. The zero-order valence-electron chi connectivity index (χ0n) is 13.5. The van der Waals surface area contributed by atoms with Crippen LogP contribution in [0.1, 0.15) is 30.1 Å². The van der Waals surface area contributed by atoms with Gasteiger partial charge in [0.1, 0.15) is 0 Å². The molecule has 0 saturated carbocycles. The van der Waals surface area contributed by atoms with Crippen molar-refractivity contribution in [1.82, 2.24) is 24.6 Å². The van der Waals surface area contributed by atoms with Gasteiger partial charge in [-0.25, -0.2) is 4.98 Å². The number of rotatable bonds is 2. The molecule has 1 atom stereocenters. The maximum Gasteiger partial charge on any atom is 0.220 e. The van der Waals surface area contributed by atoms with Gasteiger partial charge in [0, 0.05) is 38.4 Å². The molecule has 1 N–H and O–H groups in total. The number of likely N-dealkylation sites (N-methyl/N-ethyl adjacent to an activating group) is 1. The molecule has 1 aliphatic heterocycles. The van der Waals surface area contributed by atoms with E-state index < -0.39 is 0 Å². The van der Waals surface area contributed by atoms with Crippen LogP contribution in [0.25, 0.3) is 5.82 Å². The van der Waals surface area contributed by atoms with Crippen molar-refractivity contribution in [3.8, 4) is 11.7 Å². The number of pyridine rings is 1. The van der Waals surface area contributed by atoms with Crippen LogP contribution in [0.2, 0.25) is 0 Å². The normalized spacial score (nSPS) is 22.9. The minimum Gasteiger partial charge on any atom is -0.493 e. The fraction of sp³-hybridized carbons (Fsp3) is 0.529. The van der Waals surface area contributed by atoms with Crippen molar-refractivity contribution in [1.29, 1.82) is 0 Å².